The zero-order chi connectivity index (χ0) is 18.3. The van der Waals surface area contributed by atoms with E-state index in [2.05, 4.69) is 14.9 Å². The SMILES string of the molecule is Cc1noc(-c2c(NS(=O)(=O)c3cccc(Cl)c3)sc3c2CCOC3)n1. The molecule has 1 N–H and O–H groups in total. The number of halogens is 1. The van der Waals surface area contributed by atoms with Crippen molar-refractivity contribution in [3.63, 3.8) is 0 Å². The van der Waals surface area contributed by atoms with Gasteiger partial charge in [0.05, 0.1) is 23.7 Å². The van der Waals surface area contributed by atoms with Crippen LogP contribution in [0, 0.1) is 6.92 Å². The van der Waals surface area contributed by atoms with Crippen LogP contribution in [0.4, 0.5) is 5.00 Å². The van der Waals surface area contributed by atoms with Crippen molar-refractivity contribution in [2.24, 2.45) is 0 Å². The van der Waals surface area contributed by atoms with E-state index < -0.39 is 10.0 Å². The summed E-state index contributed by atoms with van der Waals surface area (Å²) < 4.78 is 39.0. The van der Waals surface area contributed by atoms with E-state index in [9.17, 15) is 8.42 Å². The molecule has 0 saturated heterocycles. The number of benzene rings is 1. The number of thiophene rings is 1. The van der Waals surface area contributed by atoms with Crippen LogP contribution in [-0.4, -0.2) is 25.2 Å². The lowest BCUT2D eigenvalue weighted by molar-refractivity contribution is 0.113. The van der Waals surface area contributed by atoms with Gasteiger partial charge in [-0.1, -0.05) is 22.8 Å². The molecule has 26 heavy (non-hydrogen) atoms. The number of aryl methyl sites for hydroxylation is 1. The summed E-state index contributed by atoms with van der Waals surface area (Å²) in [6, 6.07) is 6.10. The highest BCUT2D eigenvalue weighted by atomic mass is 35.5. The molecular weight excluding hydrogens is 398 g/mol. The van der Waals surface area contributed by atoms with E-state index in [4.69, 9.17) is 20.9 Å². The van der Waals surface area contributed by atoms with E-state index in [0.717, 1.165) is 10.4 Å². The molecule has 10 heteroatoms. The molecule has 0 atom stereocenters. The molecule has 1 aromatic carbocycles. The number of rotatable bonds is 4. The van der Waals surface area contributed by atoms with Crippen LogP contribution >= 0.6 is 22.9 Å². The van der Waals surface area contributed by atoms with Gasteiger partial charge in [-0.15, -0.1) is 11.3 Å². The summed E-state index contributed by atoms with van der Waals surface area (Å²) in [6.07, 6.45) is 0.654. The Balaban J connectivity index is 1.80. The first kappa shape index (κ1) is 17.5. The predicted molar refractivity (Wildman–Crippen MR) is 98.0 cm³/mol. The Hall–Kier alpha value is -1.94. The van der Waals surface area contributed by atoms with Gasteiger partial charge in [-0.05, 0) is 37.1 Å². The first-order chi connectivity index (χ1) is 12.4. The number of ether oxygens (including phenoxy) is 1. The van der Waals surface area contributed by atoms with Gasteiger partial charge in [-0.2, -0.15) is 4.98 Å². The number of hydrogen-bond acceptors (Lipinski definition) is 7. The molecule has 136 valence electrons. The molecule has 0 amide bonds. The Bertz CT molecular complexity index is 1080. The summed E-state index contributed by atoms with van der Waals surface area (Å²) in [7, 11) is -3.81. The number of nitrogens with zero attached hydrogens (tertiary/aromatic N) is 2. The first-order valence-corrected chi connectivity index (χ1v) is 10.4. The van der Waals surface area contributed by atoms with Gasteiger partial charge in [0.15, 0.2) is 5.82 Å². The first-order valence-electron chi connectivity index (χ1n) is 7.75. The van der Waals surface area contributed by atoms with Gasteiger partial charge in [-0.3, -0.25) is 4.72 Å². The number of fused-ring (bicyclic) bond motifs is 1. The minimum atomic E-state index is -3.81. The quantitative estimate of drug-likeness (QED) is 0.704. The number of nitrogens with one attached hydrogen (secondary N) is 1. The highest BCUT2D eigenvalue weighted by Gasteiger charge is 2.28. The molecule has 3 aromatic rings. The molecule has 0 bridgehead atoms. The number of aromatic nitrogens is 2. The van der Waals surface area contributed by atoms with Gasteiger partial charge in [0, 0.05) is 9.90 Å². The van der Waals surface area contributed by atoms with E-state index in [1.165, 1.54) is 23.5 Å². The molecule has 1 aliphatic rings. The third kappa shape index (κ3) is 3.23. The van der Waals surface area contributed by atoms with Gasteiger partial charge in [0.25, 0.3) is 15.9 Å². The molecule has 2 aromatic heterocycles. The molecule has 0 aliphatic carbocycles. The van der Waals surface area contributed by atoms with Crippen LogP contribution in [0.2, 0.25) is 5.02 Å². The molecule has 7 nitrogen and oxygen atoms in total. The van der Waals surface area contributed by atoms with Crippen LogP contribution in [0.25, 0.3) is 11.5 Å². The monoisotopic (exact) mass is 411 g/mol. The fourth-order valence-corrected chi connectivity index (χ4v) is 5.53. The van der Waals surface area contributed by atoms with Crippen molar-refractivity contribution in [3.05, 3.63) is 45.6 Å². The van der Waals surface area contributed by atoms with Crippen LogP contribution in [0.1, 0.15) is 16.3 Å². The lowest BCUT2D eigenvalue weighted by atomic mass is 10.1. The highest BCUT2D eigenvalue weighted by Crippen LogP contribution is 2.43. The highest BCUT2D eigenvalue weighted by molar-refractivity contribution is 7.93. The van der Waals surface area contributed by atoms with Gasteiger partial charge in [0.1, 0.15) is 5.00 Å². The van der Waals surface area contributed by atoms with Crippen molar-refractivity contribution in [1.29, 1.82) is 0 Å². The average Bonchev–Trinajstić information content (AvgIpc) is 3.17. The standard InChI is InChI=1S/C16H14ClN3O4S2/c1-9-18-15(24-19-9)14-12-5-6-23-8-13(12)25-16(14)20-26(21,22)11-4-2-3-10(17)7-11/h2-4,7,20H,5-6,8H2,1H3. The molecule has 0 saturated carbocycles. The summed E-state index contributed by atoms with van der Waals surface area (Å²) >= 11 is 7.24. The lowest BCUT2D eigenvalue weighted by Gasteiger charge is -2.12. The summed E-state index contributed by atoms with van der Waals surface area (Å²) in [5, 5.41) is 4.60. The Morgan fingerprint density at radius 2 is 2.19 bits per heavy atom. The second-order valence-electron chi connectivity index (χ2n) is 5.72. The third-order valence-corrected chi connectivity index (χ3v) is 6.73. The second-order valence-corrected chi connectivity index (χ2v) is 8.94. The molecule has 1 aliphatic heterocycles. The van der Waals surface area contributed by atoms with E-state index >= 15 is 0 Å². The van der Waals surface area contributed by atoms with E-state index in [-0.39, 0.29) is 4.90 Å². The number of anilines is 1. The van der Waals surface area contributed by atoms with Crippen LogP contribution in [0.15, 0.2) is 33.7 Å². The lowest BCUT2D eigenvalue weighted by Crippen LogP contribution is -2.13. The average molecular weight is 412 g/mol. The van der Waals surface area contributed by atoms with E-state index in [1.807, 2.05) is 0 Å². The topological polar surface area (TPSA) is 94.3 Å². The van der Waals surface area contributed by atoms with Gasteiger partial charge >= 0.3 is 0 Å². The van der Waals surface area contributed by atoms with Gasteiger partial charge in [0.2, 0.25) is 0 Å². The summed E-state index contributed by atoms with van der Waals surface area (Å²) in [5.74, 6) is 0.779. The molecule has 0 spiro atoms. The Kier molecular flexibility index (Phi) is 4.47. The van der Waals surface area contributed by atoms with Crippen molar-refractivity contribution in [2.45, 2.75) is 24.8 Å². The fraction of sp³-hybridized carbons (Fsp3) is 0.250. The van der Waals surface area contributed by atoms with E-state index in [1.54, 1.807) is 19.1 Å². The van der Waals surface area contributed by atoms with Crippen molar-refractivity contribution in [3.8, 4) is 11.5 Å². The third-order valence-electron chi connectivity index (χ3n) is 3.90. The molecule has 0 radical (unpaired) electrons. The Morgan fingerprint density at radius 1 is 1.35 bits per heavy atom. The van der Waals surface area contributed by atoms with Crippen molar-refractivity contribution in [2.75, 3.05) is 11.3 Å². The van der Waals surface area contributed by atoms with E-state index in [0.29, 0.717) is 46.9 Å². The van der Waals surface area contributed by atoms with Crippen LogP contribution in [-0.2, 0) is 27.8 Å². The molecular formula is C16H14ClN3O4S2. The Morgan fingerprint density at radius 3 is 2.92 bits per heavy atom. The number of hydrogen-bond donors (Lipinski definition) is 1. The maximum absolute atomic E-state index is 12.8. The maximum atomic E-state index is 12.8. The predicted octanol–water partition coefficient (Wildman–Crippen LogP) is 3.63. The molecule has 0 fully saturated rings. The molecule has 0 unspecified atom stereocenters. The molecule has 3 heterocycles. The van der Waals surface area contributed by atoms with Crippen LogP contribution in [0.3, 0.4) is 0 Å². The zero-order valence-corrected chi connectivity index (χ0v) is 16.0. The summed E-state index contributed by atoms with van der Waals surface area (Å²) in [6.45, 7) is 2.70. The smallest absolute Gasteiger partial charge is 0.262 e. The van der Waals surface area contributed by atoms with Crippen molar-refractivity contribution >= 4 is 38.0 Å². The Labute approximate surface area is 159 Å². The van der Waals surface area contributed by atoms with Gasteiger partial charge in [-0.25, -0.2) is 8.42 Å². The molecule has 4 rings (SSSR count). The maximum Gasteiger partial charge on any atom is 0.262 e. The summed E-state index contributed by atoms with van der Waals surface area (Å²) in [4.78, 5) is 5.30. The van der Waals surface area contributed by atoms with Crippen LogP contribution < -0.4 is 4.72 Å². The van der Waals surface area contributed by atoms with Crippen LogP contribution in [0.5, 0.6) is 0 Å². The second kappa shape index (κ2) is 6.66. The fourth-order valence-electron chi connectivity index (χ4n) is 2.74. The number of sulfonamides is 1. The minimum absolute atomic E-state index is 0.0836. The van der Waals surface area contributed by atoms with Crippen molar-refractivity contribution in [1.82, 2.24) is 10.1 Å². The normalized spacial score (nSPS) is 14.2. The van der Waals surface area contributed by atoms with Gasteiger partial charge < -0.3 is 9.26 Å². The zero-order valence-electron chi connectivity index (χ0n) is 13.7. The largest absolute Gasteiger partial charge is 0.376 e. The van der Waals surface area contributed by atoms with Crippen molar-refractivity contribution < 1.29 is 17.7 Å². The minimum Gasteiger partial charge on any atom is -0.376 e. The summed E-state index contributed by atoms with van der Waals surface area (Å²) in [5.41, 5.74) is 1.60.